The Hall–Kier alpha value is -2.78. The molecule has 1 heterocycles. The maximum absolute atomic E-state index is 13.9. The number of ether oxygens (including phenoxy) is 3. The van der Waals surface area contributed by atoms with Gasteiger partial charge >= 0.3 is 0 Å². The van der Waals surface area contributed by atoms with E-state index in [1.165, 1.54) is 12.1 Å². The summed E-state index contributed by atoms with van der Waals surface area (Å²) in [5.74, 6) is 0.503. The van der Waals surface area contributed by atoms with Crippen molar-refractivity contribution in [3.8, 4) is 17.3 Å². The Kier molecular flexibility index (Phi) is 9.40. The third-order valence-electron chi connectivity index (χ3n) is 5.32. The topological polar surface area (TPSA) is 69.0 Å². The predicted molar refractivity (Wildman–Crippen MR) is 134 cm³/mol. The standard InChI is InChI=1S/C27H36FN3O4/c1-20-25(18-30(14-15-33-5)17-23(32)19-34-27(2,3)4)26(35-24-13-9-10-21(28)16-24)31(29-20)22-11-7-6-8-12-22/h6-13,16,23,32H,14-15,17-19H2,1-5H3/t23-/m1/s1. The zero-order chi connectivity index (χ0) is 25.4. The molecule has 1 N–H and O–H groups in total. The Balaban J connectivity index is 1.92. The molecule has 3 aromatic rings. The van der Waals surface area contributed by atoms with E-state index in [1.54, 1.807) is 23.9 Å². The van der Waals surface area contributed by atoms with Gasteiger partial charge in [-0.1, -0.05) is 24.3 Å². The van der Waals surface area contributed by atoms with E-state index in [9.17, 15) is 9.50 Å². The van der Waals surface area contributed by atoms with E-state index in [0.717, 1.165) is 16.9 Å². The van der Waals surface area contributed by atoms with Crippen LogP contribution in [0, 0.1) is 12.7 Å². The number of methoxy groups -OCH3 is 1. The summed E-state index contributed by atoms with van der Waals surface area (Å²) in [6.07, 6.45) is -0.678. The van der Waals surface area contributed by atoms with Crippen LogP contribution in [0.2, 0.25) is 0 Å². The molecule has 190 valence electrons. The van der Waals surface area contributed by atoms with Crippen LogP contribution in [0.3, 0.4) is 0 Å². The van der Waals surface area contributed by atoms with Crippen LogP contribution in [0.4, 0.5) is 4.39 Å². The van der Waals surface area contributed by atoms with E-state index in [-0.39, 0.29) is 18.0 Å². The van der Waals surface area contributed by atoms with E-state index in [2.05, 4.69) is 4.90 Å². The number of para-hydroxylation sites is 1. The smallest absolute Gasteiger partial charge is 0.227 e. The Morgan fingerprint density at radius 2 is 1.86 bits per heavy atom. The minimum Gasteiger partial charge on any atom is -0.438 e. The number of aromatic nitrogens is 2. The van der Waals surface area contributed by atoms with Crippen LogP contribution in [0.15, 0.2) is 54.6 Å². The van der Waals surface area contributed by atoms with Crippen LogP contribution in [0.25, 0.3) is 5.69 Å². The number of halogens is 1. The maximum atomic E-state index is 13.9. The van der Waals surface area contributed by atoms with Crippen molar-refractivity contribution in [2.45, 2.75) is 45.9 Å². The van der Waals surface area contributed by atoms with Gasteiger partial charge in [0, 0.05) is 32.8 Å². The summed E-state index contributed by atoms with van der Waals surface area (Å²) in [5, 5.41) is 15.4. The van der Waals surface area contributed by atoms with Crippen molar-refractivity contribution in [1.29, 1.82) is 0 Å². The van der Waals surface area contributed by atoms with Gasteiger partial charge in [0.1, 0.15) is 11.6 Å². The Labute approximate surface area is 207 Å². The maximum Gasteiger partial charge on any atom is 0.227 e. The molecular formula is C27H36FN3O4. The van der Waals surface area contributed by atoms with E-state index in [1.807, 2.05) is 58.0 Å². The number of hydrogen-bond acceptors (Lipinski definition) is 6. The van der Waals surface area contributed by atoms with E-state index >= 15 is 0 Å². The molecule has 0 saturated carbocycles. The lowest BCUT2D eigenvalue weighted by molar-refractivity contribution is -0.0577. The average molecular weight is 486 g/mol. The van der Waals surface area contributed by atoms with Crippen LogP contribution in [-0.4, -0.2) is 64.9 Å². The number of rotatable bonds is 12. The predicted octanol–water partition coefficient (Wildman–Crippen LogP) is 4.74. The van der Waals surface area contributed by atoms with Gasteiger partial charge < -0.3 is 19.3 Å². The van der Waals surface area contributed by atoms with Crippen molar-refractivity contribution in [3.05, 3.63) is 71.7 Å². The lowest BCUT2D eigenvalue weighted by Crippen LogP contribution is -2.38. The summed E-state index contributed by atoms with van der Waals surface area (Å²) in [4.78, 5) is 2.08. The Bertz CT molecular complexity index is 1070. The highest BCUT2D eigenvalue weighted by atomic mass is 19.1. The minimum absolute atomic E-state index is 0.224. The number of hydrogen-bond donors (Lipinski definition) is 1. The summed E-state index contributed by atoms with van der Waals surface area (Å²) in [5.41, 5.74) is 2.12. The second kappa shape index (κ2) is 12.3. The highest BCUT2D eigenvalue weighted by Gasteiger charge is 2.23. The number of aryl methyl sites for hydroxylation is 1. The highest BCUT2D eigenvalue weighted by molar-refractivity contribution is 5.43. The van der Waals surface area contributed by atoms with Gasteiger partial charge in [-0.15, -0.1) is 0 Å². The van der Waals surface area contributed by atoms with Crippen LogP contribution < -0.4 is 4.74 Å². The lowest BCUT2D eigenvalue weighted by atomic mass is 10.2. The Morgan fingerprint density at radius 1 is 1.11 bits per heavy atom. The first-order chi connectivity index (χ1) is 16.7. The SMILES string of the molecule is COCCN(Cc1c(C)nn(-c2ccccc2)c1Oc1cccc(F)c1)C[C@@H](O)COC(C)(C)C. The zero-order valence-electron chi connectivity index (χ0n) is 21.2. The molecule has 8 heteroatoms. The quantitative estimate of drug-likeness (QED) is 0.400. The molecule has 0 bridgehead atoms. The molecular weight excluding hydrogens is 449 g/mol. The molecule has 2 aromatic carbocycles. The van der Waals surface area contributed by atoms with Crippen LogP contribution >= 0.6 is 0 Å². The number of benzene rings is 2. The molecule has 0 saturated heterocycles. The van der Waals surface area contributed by atoms with Gasteiger partial charge in [0.25, 0.3) is 0 Å². The molecule has 1 aromatic heterocycles. The first-order valence-corrected chi connectivity index (χ1v) is 11.8. The largest absolute Gasteiger partial charge is 0.438 e. The van der Waals surface area contributed by atoms with Crippen LogP contribution in [0.5, 0.6) is 11.6 Å². The molecule has 0 unspecified atom stereocenters. The van der Waals surface area contributed by atoms with Crippen molar-refractivity contribution in [1.82, 2.24) is 14.7 Å². The molecule has 1 atom stereocenters. The van der Waals surface area contributed by atoms with E-state index in [4.69, 9.17) is 19.3 Å². The second-order valence-electron chi connectivity index (χ2n) is 9.48. The molecule has 0 aliphatic carbocycles. The first kappa shape index (κ1) is 26.8. The van der Waals surface area contributed by atoms with Crippen LogP contribution in [-0.2, 0) is 16.0 Å². The number of aliphatic hydroxyl groups is 1. The van der Waals surface area contributed by atoms with Gasteiger partial charge in [-0.25, -0.2) is 9.07 Å². The summed E-state index contributed by atoms with van der Waals surface area (Å²) >= 11 is 0. The normalized spacial score (nSPS) is 12.8. The zero-order valence-corrected chi connectivity index (χ0v) is 21.2. The monoisotopic (exact) mass is 485 g/mol. The number of aliphatic hydroxyl groups excluding tert-OH is 1. The van der Waals surface area contributed by atoms with Gasteiger partial charge in [-0.2, -0.15) is 5.10 Å². The van der Waals surface area contributed by atoms with E-state index in [0.29, 0.717) is 37.9 Å². The minimum atomic E-state index is -0.678. The third-order valence-corrected chi connectivity index (χ3v) is 5.32. The third kappa shape index (κ3) is 8.14. The lowest BCUT2D eigenvalue weighted by Gasteiger charge is -2.27. The molecule has 0 radical (unpaired) electrons. The molecule has 0 aliphatic rings. The summed E-state index contributed by atoms with van der Waals surface area (Å²) in [6, 6.07) is 15.7. The van der Waals surface area contributed by atoms with Crippen molar-refractivity contribution in [3.63, 3.8) is 0 Å². The molecule has 35 heavy (non-hydrogen) atoms. The summed E-state index contributed by atoms with van der Waals surface area (Å²) < 4.78 is 32.9. The first-order valence-electron chi connectivity index (χ1n) is 11.8. The molecule has 0 spiro atoms. The molecule has 0 aliphatic heterocycles. The molecule has 0 fully saturated rings. The Morgan fingerprint density at radius 3 is 2.51 bits per heavy atom. The fourth-order valence-electron chi connectivity index (χ4n) is 3.59. The second-order valence-corrected chi connectivity index (χ2v) is 9.48. The van der Waals surface area contributed by atoms with Gasteiger partial charge in [-0.3, -0.25) is 4.90 Å². The van der Waals surface area contributed by atoms with Crippen molar-refractivity contribution < 1.29 is 23.7 Å². The van der Waals surface area contributed by atoms with Crippen molar-refractivity contribution >= 4 is 0 Å². The highest BCUT2D eigenvalue weighted by Crippen LogP contribution is 2.32. The number of nitrogens with zero attached hydrogens (tertiary/aromatic N) is 3. The summed E-state index contributed by atoms with van der Waals surface area (Å²) in [7, 11) is 1.65. The molecule has 7 nitrogen and oxygen atoms in total. The average Bonchev–Trinajstić information content (AvgIpc) is 3.11. The van der Waals surface area contributed by atoms with Crippen molar-refractivity contribution in [2.75, 3.05) is 33.4 Å². The van der Waals surface area contributed by atoms with Gasteiger partial charge in [0.05, 0.1) is 41.9 Å². The van der Waals surface area contributed by atoms with Gasteiger partial charge in [0.15, 0.2) is 0 Å². The molecule has 3 rings (SSSR count). The fourth-order valence-corrected chi connectivity index (χ4v) is 3.59. The van der Waals surface area contributed by atoms with Crippen LogP contribution in [0.1, 0.15) is 32.0 Å². The molecule has 0 amide bonds. The van der Waals surface area contributed by atoms with Gasteiger partial charge in [0.2, 0.25) is 5.88 Å². The van der Waals surface area contributed by atoms with Gasteiger partial charge in [-0.05, 0) is 52.0 Å². The fraction of sp³-hybridized carbons (Fsp3) is 0.444. The summed E-state index contributed by atoms with van der Waals surface area (Å²) in [6.45, 7) is 9.95. The van der Waals surface area contributed by atoms with Crippen molar-refractivity contribution in [2.24, 2.45) is 0 Å². The van der Waals surface area contributed by atoms with E-state index < -0.39 is 6.10 Å².